The molecule has 3 amide bonds. The van der Waals surface area contributed by atoms with Gasteiger partial charge < -0.3 is 24.6 Å². The van der Waals surface area contributed by atoms with Crippen molar-refractivity contribution in [3.05, 3.63) is 75.5 Å². The Morgan fingerprint density at radius 2 is 1.74 bits per heavy atom. The SMILES string of the molecule is COc1ccc(CCN(Cc2ccc(C)s2)C(=O)CN(C(=O)Nc2ccc(F)cc2F)C(C)C)cc1OC. The Labute approximate surface area is 226 Å². The van der Waals surface area contributed by atoms with E-state index in [-0.39, 0.29) is 24.2 Å². The maximum atomic E-state index is 14.1. The van der Waals surface area contributed by atoms with Crippen LogP contribution in [0, 0.1) is 18.6 Å². The molecule has 1 aromatic heterocycles. The molecule has 7 nitrogen and oxygen atoms in total. The summed E-state index contributed by atoms with van der Waals surface area (Å²) >= 11 is 1.61. The van der Waals surface area contributed by atoms with E-state index in [4.69, 9.17) is 9.47 Å². The molecule has 3 rings (SSSR count). The highest BCUT2D eigenvalue weighted by atomic mass is 32.1. The van der Waals surface area contributed by atoms with Crippen molar-refractivity contribution < 1.29 is 27.8 Å². The van der Waals surface area contributed by atoms with E-state index in [1.807, 2.05) is 37.3 Å². The van der Waals surface area contributed by atoms with Crippen LogP contribution in [0.15, 0.2) is 48.5 Å². The lowest BCUT2D eigenvalue weighted by Gasteiger charge is -2.30. The summed E-state index contributed by atoms with van der Waals surface area (Å²) in [6.45, 7) is 6.14. The molecule has 0 radical (unpaired) electrons. The molecule has 3 aromatic rings. The molecule has 0 aliphatic rings. The van der Waals surface area contributed by atoms with Crippen LogP contribution < -0.4 is 14.8 Å². The van der Waals surface area contributed by atoms with Gasteiger partial charge in [0.1, 0.15) is 18.2 Å². The van der Waals surface area contributed by atoms with Crippen LogP contribution in [-0.4, -0.2) is 55.1 Å². The average Bonchev–Trinajstić information content (AvgIpc) is 3.30. The van der Waals surface area contributed by atoms with Gasteiger partial charge in [-0.3, -0.25) is 4.79 Å². The maximum Gasteiger partial charge on any atom is 0.322 e. The summed E-state index contributed by atoms with van der Waals surface area (Å²) in [7, 11) is 3.14. The summed E-state index contributed by atoms with van der Waals surface area (Å²) in [4.78, 5) is 31.7. The number of benzene rings is 2. The van der Waals surface area contributed by atoms with E-state index < -0.39 is 17.7 Å². The number of hydrogen-bond donors (Lipinski definition) is 1. The van der Waals surface area contributed by atoms with Crippen LogP contribution in [0.4, 0.5) is 19.3 Å². The van der Waals surface area contributed by atoms with Crippen LogP contribution in [0.25, 0.3) is 0 Å². The van der Waals surface area contributed by atoms with Gasteiger partial charge >= 0.3 is 6.03 Å². The summed E-state index contributed by atoms with van der Waals surface area (Å²) in [6.07, 6.45) is 0.561. The number of carbonyl (C=O) groups excluding carboxylic acids is 2. The van der Waals surface area contributed by atoms with Gasteiger partial charge in [-0.2, -0.15) is 0 Å². The van der Waals surface area contributed by atoms with Crippen molar-refractivity contribution in [3.63, 3.8) is 0 Å². The predicted octanol–water partition coefficient (Wildman–Crippen LogP) is 5.87. The third kappa shape index (κ3) is 7.67. The van der Waals surface area contributed by atoms with E-state index in [1.54, 1.807) is 44.3 Å². The molecular weight excluding hydrogens is 512 g/mol. The Bertz CT molecular complexity index is 1260. The number of nitrogens with one attached hydrogen (secondary N) is 1. The third-order valence-electron chi connectivity index (χ3n) is 5.98. The lowest BCUT2D eigenvalue weighted by molar-refractivity contribution is -0.132. The second-order valence-corrected chi connectivity index (χ2v) is 10.4. The zero-order valence-electron chi connectivity index (χ0n) is 22.2. The number of urea groups is 1. The fourth-order valence-electron chi connectivity index (χ4n) is 3.86. The Balaban J connectivity index is 1.76. The molecule has 2 aromatic carbocycles. The highest BCUT2D eigenvalue weighted by Crippen LogP contribution is 2.28. The molecule has 1 heterocycles. The number of rotatable bonds is 11. The molecule has 0 saturated carbocycles. The molecule has 204 valence electrons. The van der Waals surface area contributed by atoms with Crippen molar-refractivity contribution in [1.29, 1.82) is 0 Å². The number of carbonyl (C=O) groups is 2. The topological polar surface area (TPSA) is 71.1 Å². The first-order valence-corrected chi connectivity index (χ1v) is 13.0. The molecule has 0 saturated heterocycles. The van der Waals surface area contributed by atoms with E-state index in [2.05, 4.69) is 5.32 Å². The van der Waals surface area contributed by atoms with Crippen molar-refractivity contribution in [2.24, 2.45) is 0 Å². The lowest BCUT2D eigenvalue weighted by Crippen LogP contribution is -2.47. The van der Waals surface area contributed by atoms with Gasteiger partial charge in [-0.15, -0.1) is 11.3 Å². The number of halogens is 2. The molecular formula is C28H33F2N3O4S. The van der Waals surface area contributed by atoms with Crippen molar-refractivity contribution in [3.8, 4) is 11.5 Å². The summed E-state index contributed by atoms with van der Waals surface area (Å²) in [5, 5.41) is 2.45. The van der Waals surface area contributed by atoms with Gasteiger partial charge in [0.05, 0.1) is 26.5 Å². The molecule has 0 atom stereocenters. The van der Waals surface area contributed by atoms with Gasteiger partial charge in [0.25, 0.3) is 0 Å². The van der Waals surface area contributed by atoms with Crippen molar-refractivity contribution in [1.82, 2.24) is 9.80 Å². The van der Waals surface area contributed by atoms with Crippen molar-refractivity contribution in [2.45, 2.75) is 39.8 Å². The van der Waals surface area contributed by atoms with Gasteiger partial charge in [0.15, 0.2) is 11.5 Å². The second kappa shape index (κ2) is 13.2. The summed E-state index contributed by atoms with van der Waals surface area (Å²) in [5.74, 6) is -0.662. The van der Waals surface area contributed by atoms with Crippen LogP contribution in [0.1, 0.15) is 29.2 Å². The fraction of sp³-hybridized carbons (Fsp3) is 0.357. The molecule has 0 spiro atoms. The van der Waals surface area contributed by atoms with Gasteiger partial charge in [-0.05, 0) is 69.2 Å². The van der Waals surface area contributed by atoms with Gasteiger partial charge in [0.2, 0.25) is 5.91 Å². The lowest BCUT2D eigenvalue weighted by atomic mass is 10.1. The summed E-state index contributed by atoms with van der Waals surface area (Å²) in [6, 6.07) is 11.5. The number of aryl methyl sites for hydroxylation is 1. The predicted molar refractivity (Wildman–Crippen MR) is 145 cm³/mol. The van der Waals surface area contributed by atoms with Crippen LogP contribution in [0.5, 0.6) is 11.5 Å². The van der Waals surface area contributed by atoms with E-state index in [0.29, 0.717) is 37.1 Å². The normalized spacial score (nSPS) is 10.8. The van der Waals surface area contributed by atoms with Gasteiger partial charge in [-0.1, -0.05) is 6.07 Å². The molecule has 0 bridgehead atoms. The highest BCUT2D eigenvalue weighted by Gasteiger charge is 2.25. The quantitative estimate of drug-likeness (QED) is 0.327. The number of amides is 3. The standard InChI is InChI=1S/C28H33F2N3O4S/c1-18(2)33(28(35)31-24-10-8-21(29)15-23(24)30)17-27(34)32(16-22-9-6-19(3)38-22)13-12-20-7-11-25(36-4)26(14-20)37-5/h6-11,14-15,18H,12-13,16-17H2,1-5H3,(H,31,35). The molecule has 38 heavy (non-hydrogen) atoms. The third-order valence-corrected chi connectivity index (χ3v) is 6.96. The first kappa shape index (κ1) is 28.9. The molecule has 0 fully saturated rings. The largest absolute Gasteiger partial charge is 0.493 e. The number of anilines is 1. The smallest absolute Gasteiger partial charge is 0.322 e. The Hall–Kier alpha value is -3.66. The summed E-state index contributed by atoms with van der Waals surface area (Å²) < 4.78 is 38.1. The zero-order valence-corrected chi connectivity index (χ0v) is 23.0. The van der Waals surface area contributed by atoms with E-state index >= 15 is 0 Å². The molecule has 0 unspecified atom stereocenters. The van der Waals surface area contributed by atoms with Crippen LogP contribution in [0.2, 0.25) is 0 Å². The Morgan fingerprint density at radius 1 is 1.00 bits per heavy atom. The zero-order chi connectivity index (χ0) is 27.8. The maximum absolute atomic E-state index is 14.1. The minimum Gasteiger partial charge on any atom is -0.493 e. The first-order valence-electron chi connectivity index (χ1n) is 12.2. The van der Waals surface area contributed by atoms with Crippen LogP contribution >= 0.6 is 11.3 Å². The Kier molecular flexibility index (Phi) is 10.1. The van der Waals surface area contributed by atoms with Crippen LogP contribution in [-0.2, 0) is 17.8 Å². The van der Waals surface area contributed by atoms with Gasteiger partial charge in [-0.25, -0.2) is 13.6 Å². The number of hydrogen-bond acceptors (Lipinski definition) is 5. The molecule has 0 aliphatic heterocycles. The number of nitrogens with zero attached hydrogens (tertiary/aromatic N) is 2. The van der Waals surface area contributed by atoms with E-state index in [1.165, 1.54) is 4.90 Å². The molecule has 10 heteroatoms. The number of methoxy groups -OCH3 is 2. The summed E-state index contributed by atoms with van der Waals surface area (Å²) in [5.41, 5.74) is 0.807. The Morgan fingerprint density at radius 3 is 2.34 bits per heavy atom. The molecule has 0 aliphatic carbocycles. The first-order chi connectivity index (χ1) is 18.1. The van der Waals surface area contributed by atoms with Crippen molar-refractivity contribution >= 4 is 29.0 Å². The minimum atomic E-state index is -0.891. The van der Waals surface area contributed by atoms with Crippen molar-refractivity contribution in [2.75, 3.05) is 32.6 Å². The highest BCUT2D eigenvalue weighted by molar-refractivity contribution is 7.11. The number of thiophene rings is 1. The van der Waals surface area contributed by atoms with E-state index in [0.717, 1.165) is 27.5 Å². The molecule has 1 N–H and O–H groups in total. The minimum absolute atomic E-state index is 0.158. The monoisotopic (exact) mass is 545 g/mol. The van der Waals surface area contributed by atoms with E-state index in [9.17, 15) is 18.4 Å². The van der Waals surface area contributed by atoms with Crippen LogP contribution in [0.3, 0.4) is 0 Å². The fourth-order valence-corrected chi connectivity index (χ4v) is 4.77. The second-order valence-electron chi connectivity index (χ2n) is 9.04. The number of ether oxygens (including phenoxy) is 2. The van der Waals surface area contributed by atoms with Gasteiger partial charge in [0, 0.05) is 28.4 Å². The average molecular weight is 546 g/mol.